The maximum absolute atomic E-state index is 13.6. The summed E-state index contributed by atoms with van der Waals surface area (Å²) in [5, 5.41) is 3.49. The van der Waals surface area contributed by atoms with Gasteiger partial charge in [-0.15, -0.1) is 0 Å². The van der Waals surface area contributed by atoms with Crippen LogP contribution in [0.5, 0.6) is 0 Å². The van der Waals surface area contributed by atoms with Crippen molar-refractivity contribution in [2.45, 2.75) is 47.6 Å². The summed E-state index contributed by atoms with van der Waals surface area (Å²) in [6.45, 7) is 13.3. The Bertz CT molecular complexity index is 367. The zero-order valence-electron chi connectivity index (χ0n) is 11.8. The van der Waals surface area contributed by atoms with Crippen molar-refractivity contribution in [2.24, 2.45) is 5.41 Å². The summed E-state index contributed by atoms with van der Waals surface area (Å²) in [5.41, 5.74) is 2.75. The molecule has 0 aliphatic carbocycles. The maximum atomic E-state index is 13.6. The Labute approximate surface area is 104 Å². The van der Waals surface area contributed by atoms with Gasteiger partial charge in [-0.2, -0.15) is 0 Å². The van der Waals surface area contributed by atoms with Crippen LogP contribution in [0.1, 0.15) is 50.4 Å². The fourth-order valence-electron chi connectivity index (χ4n) is 2.27. The number of halogens is 1. The minimum absolute atomic E-state index is 0.0853. The van der Waals surface area contributed by atoms with E-state index in [-0.39, 0.29) is 17.3 Å². The molecule has 0 aliphatic heterocycles. The number of hydrogen-bond acceptors (Lipinski definition) is 1. The van der Waals surface area contributed by atoms with Gasteiger partial charge in [0.1, 0.15) is 5.82 Å². The molecule has 0 amide bonds. The molecule has 96 valence electrons. The van der Waals surface area contributed by atoms with E-state index in [0.717, 1.165) is 17.7 Å². The van der Waals surface area contributed by atoms with Crippen LogP contribution in [-0.2, 0) is 0 Å². The molecule has 1 unspecified atom stereocenters. The lowest BCUT2D eigenvalue weighted by Crippen LogP contribution is -2.32. The Morgan fingerprint density at radius 1 is 1.18 bits per heavy atom. The smallest absolute Gasteiger partial charge is 0.129 e. The SMILES string of the molecule is CCNC(c1cc(C)c(F)c(C)c1)C(C)(C)C. The van der Waals surface area contributed by atoms with Crippen molar-refractivity contribution in [3.63, 3.8) is 0 Å². The number of aryl methyl sites for hydroxylation is 2. The van der Waals surface area contributed by atoms with Crippen molar-refractivity contribution in [2.75, 3.05) is 6.54 Å². The predicted octanol–water partition coefficient (Wildman–Crippen LogP) is 4.14. The van der Waals surface area contributed by atoms with Crippen molar-refractivity contribution >= 4 is 0 Å². The molecule has 0 heterocycles. The molecule has 0 saturated heterocycles. The van der Waals surface area contributed by atoms with E-state index in [1.807, 2.05) is 26.0 Å². The molecule has 1 aromatic rings. The van der Waals surface area contributed by atoms with E-state index in [1.165, 1.54) is 5.56 Å². The molecule has 0 fully saturated rings. The summed E-state index contributed by atoms with van der Waals surface area (Å²) in [6, 6.07) is 4.17. The van der Waals surface area contributed by atoms with E-state index in [4.69, 9.17) is 0 Å². The van der Waals surface area contributed by atoms with Gasteiger partial charge in [0.15, 0.2) is 0 Å². The van der Waals surface area contributed by atoms with E-state index in [9.17, 15) is 4.39 Å². The quantitative estimate of drug-likeness (QED) is 0.833. The number of nitrogens with one attached hydrogen (secondary N) is 1. The van der Waals surface area contributed by atoms with Gasteiger partial charge in [-0.05, 0) is 42.5 Å². The molecule has 0 saturated carbocycles. The van der Waals surface area contributed by atoms with E-state index in [0.29, 0.717) is 0 Å². The van der Waals surface area contributed by atoms with Crippen molar-refractivity contribution in [1.82, 2.24) is 5.32 Å². The van der Waals surface area contributed by atoms with Gasteiger partial charge in [-0.3, -0.25) is 0 Å². The van der Waals surface area contributed by atoms with Gasteiger partial charge in [0.05, 0.1) is 0 Å². The Morgan fingerprint density at radius 2 is 1.65 bits per heavy atom. The van der Waals surface area contributed by atoms with E-state index >= 15 is 0 Å². The second-order valence-corrected chi connectivity index (χ2v) is 5.83. The summed E-state index contributed by atoms with van der Waals surface area (Å²) in [7, 11) is 0. The van der Waals surface area contributed by atoms with E-state index < -0.39 is 0 Å². The van der Waals surface area contributed by atoms with Gasteiger partial charge >= 0.3 is 0 Å². The van der Waals surface area contributed by atoms with Gasteiger partial charge in [0.25, 0.3) is 0 Å². The fraction of sp³-hybridized carbons (Fsp3) is 0.600. The topological polar surface area (TPSA) is 12.0 Å². The van der Waals surface area contributed by atoms with Crippen LogP contribution in [0.15, 0.2) is 12.1 Å². The van der Waals surface area contributed by atoms with Gasteiger partial charge in [-0.1, -0.05) is 39.8 Å². The molecule has 1 nitrogen and oxygen atoms in total. The Balaban J connectivity index is 3.20. The first-order valence-electron chi connectivity index (χ1n) is 6.27. The molecule has 0 aromatic heterocycles. The zero-order valence-corrected chi connectivity index (χ0v) is 11.8. The zero-order chi connectivity index (χ0) is 13.2. The van der Waals surface area contributed by atoms with Crippen molar-refractivity contribution in [1.29, 1.82) is 0 Å². The van der Waals surface area contributed by atoms with E-state index in [2.05, 4.69) is 33.0 Å². The predicted molar refractivity (Wildman–Crippen MR) is 71.7 cm³/mol. The van der Waals surface area contributed by atoms with Crippen molar-refractivity contribution in [3.05, 3.63) is 34.6 Å². The normalized spacial score (nSPS) is 13.8. The standard InChI is InChI=1S/C15H24FN/c1-7-17-14(15(4,5)6)12-8-10(2)13(16)11(3)9-12/h8-9,14,17H,7H2,1-6H3. The molecule has 17 heavy (non-hydrogen) atoms. The Morgan fingerprint density at radius 3 is 2.00 bits per heavy atom. The highest BCUT2D eigenvalue weighted by Gasteiger charge is 2.26. The highest BCUT2D eigenvalue weighted by atomic mass is 19.1. The van der Waals surface area contributed by atoms with Gasteiger partial charge < -0.3 is 5.32 Å². The third-order valence-electron chi connectivity index (χ3n) is 3.07. The molecule has 1 N–H and O–H groups in total. The lowest BCUT2D eigenvalue weighted by atomic mass is 9.81. The van der Waals surface area contributed by atoms with Crippen molar-refractivity contribution in [3.8, 4) is 0 Å². The minimum Gasteiger partial charge on any atom is -0.310 e. The molecule has 2 heteroatoms. The number of rotatable bonds is 3. The highest BCUT2D eigenvalue weighted by Crippen LogP contribution is 2.34. The first-order valence-corrected chi connectivity index (χ1v) is 6.27. The molecular weight excluding hydrogens is 213 g/mol. The van der Waals surface area contributed by atoms with Crippen LogP contribution >= 0.6 is 0 Å². The molecule has 0 aliphatic rings. The van der Waals surface area contributed by atoms with Gasteiger partial charge in [0, 0.05) is 6.04 Å². The number of benzene rings is 1. The average Bonchev–Trinajstić information content (AvgIpc) is 2.20. The first kappa shape index (κ1) is 14.2. The Hall–Kier alpha value is -0.890. The minimum atomic E-state index is -0.0853. The Kier molecular flexibility index (Phi) is 4.31. The lowest BCUT2D eigenvalue weighted by molar-refractivity contribution is 0.276. The average molecular weight is 237 g/mol. The second kappa shape index (κ2) is 5.18. The van der Waals surface area contributed by atoms with Gasteiger partial charge in [0.2, 0.25) is 0 Å². The second-order valence-electron chi connectivity index (χ2n) is 5.83. The molecule has 1 atom stereocenters. The van der Waals surface area contributed by atoms with E-state index in [1.54, 1.807) is 0 Å². The monoisotopic (exact) mass is 237 g/mol. The maximum Gasteiger partial charge on any atom is 0.129 e. The highest BCUT2D eigenvalue weighted by molar-refractivity contribution is 5.33. The molecule has 0 bridgehead atoms. The summed E-state index contributed by atoms with van der Waals surface area (Å²) in [4.78, 5) is 0. The van der Waals surface area contributed by atoms with Crippen LogP contribution in [-0.4, -0.2) is 6.54 Å². The summed E-state index contributed by atoms with van der Waals surface area (Å²) < 4.78 is 13.6. The summed E-state index contributed by atoms with van der Waals surface area (Å²) in [5.74, 6) is -0.0853. The van der Waals surface area contributed by atoms with Crippen molar-refractivity contribution < 1.29 is 4.39 Å². The van der Waals surface area contributed by atoms with Crippen LogP contribution < -0.4 is 5.32 Å². The van der Waals surface area contributed by atoms with Crippen LogP contribution in [0, 0.1) is 25.1 Å². The van der Waals surface area contributed by atoms with Crippen LogP contribution in [0.25, 0.3) is 0 Å². The first-order chi connectivity index (χ1) is 7.77. The molecular formula is C15H24FN. The van der Waals surface area contributed by atoms with Crippen LogP contribution in [0.2, 0.25) is 0 Å². The molecule has 1 aromatic carbocycles. The van der Waals surface area contributed by atoms with Gasteiger partial charge in [-0.25, -0.2) is 4.39 Å². The number of hydrogen-bond donors (Lipinski definition) is 1. The third kappa shape index (κ3) is 3.29. The third-order valence-corrected chi connectivity index (χ3v) is 3.07. The van der Waals surface area contributed by atoms with Crippen LogP contribution in [0.3, 0.4) is 0 Å². The molecule has 1 rings (SSSR count). The summed E-state index contributed by atoms with van der Waals surface area (Å²) >= 11 is 0. The van der Waals surface area contributed by atoms with Crippen LogP contribution in [0.4, 0.5) is 4.39 Å². The fourth-order valence-corrected chi connectivity index (χ4v) is 2.27. The molecule has 0 spiro atoms. The largest absolute Gasteiger partial charge is 0.310 e. The molecule has 0 radical (unpaired) electrons. The lowest BCUT2D eigenvalue weighted by Gasteiger charge is -2.32. The summed E-state index contributed by atoms with van der Waals surface area (Å²) in [6.07, 6.45) is 0.